The van der Waals surface area contributed by atoms with E-state index in [0.717, 1.165) is 0 Å². The van der Waals surface area contributed by atoms with Crippen molar-refractivity contribution in [3.8, 4) is 5.75 Å². The van der Waals surface area contributed by atoms with Gasteiger partial charge in [-0.05, 0) is 55.3 Å². The fourth-order valence-corrected chi connectivity index (χ4v) is 4.51. The zero-order valence-corrected chi connectivity index (χ0v) is 17.7. The molecule has 6 nitrogen and oxygen atoms in total. The predicted octanol–water partition coefficient (Wildman–Crippen LogP) is 3.88. The Hall–Kier alpha value is -1.96. The van der Waals surface area contributed by atoms with E-state index in [1.165, 1.54) is 17.0 Å². The lowest BCUT2D eigenvalue weighted by molar-refractivity contribution is -0.130. The normalized spacial score (nSPS) is 11.2. The van der Waals surface area contributed by atoms with Crippen molar-refractivity contribution in [2.45, 2.75) is 18.7 Å². The molecule has 2 aromatic carbocycles. The summed E-state index contributed by atoms with van der Waals surface area (Å²) in [4.78, 5) is 12.9. The molecule has 0 unspecified atom stereocenters. The number of likely N-dealkylation sites (N-methyl/N-ethyl adjacent to an activating group) is 1. The second kappa shape index (κ2) is 8.37. The van der Waals surface area contributed by atoms with Gasteiger partial charge in [0.1, 0.15) is 10.6 Å². The van der Waals surface area contributed by atoms with Gasteiger partial charge in [0, 0.05) is 24.8 Å². The largest absolute Gasteiger partial charge is 0.484 e. The standard InChI is InChI=1S/C18H20Cl2N2O4S/c1-11-9-15(19)12(2)18(17(11)20)27(24,25)21-13-5-7-14(8-6-13)26-10-16(23)22(3)4/h5-9,21H,10H2,1-4H3. The van der Waals surface area contributed by atoms with E-state index in [4.69, 9.17) is 27.9 Å². The van der Waals surface area contributed by atoms with Crippen LogP contribution < -0.4 is 9.46 Å². The Morgan fingerprint density at radius 1 is 1.15 bits per heavy atom. The van der Waals surface area contributed by atoms with Crippen LogP contribution in [0.25, 0.3) is 0 Å². The summed E-state index contributed by atoms with van der Waals surface area (Å²) < 4.78 is 33.4. The van der Waals surface area contributed by atoms with Crippen LogP contribution in [0, 0.1) is 13.8 Å². The molecule has 0 aliphatic rings. The van der Waals surface area contributed by atoms with Crippen LogP contribution in [0.3, 0.4) is 0 Å². The maximum absolute atomic E-state index is 12.8. The Morgan fingerprint density at radius 2 is 1.74 bits per heavy atom. The van der Waals surface area contributed by atoms with Crippen LogP contribution in [0.2, 0.25) is 10.0 Å². The summed E-state index contributed by atoms with van der Waals surface area (Å²) in [6.07, 6.45) is 0. The minimum atomic E-state index is -3.94. The molecule has 0 radical (unpaired) electrons. The molecule has 27 heavy (non-hydrogen) atoms. The Morgan fingerprint density at radius 3 is 2.30 bits per heavy atom. The number of nitrogens with zero attached hydrogens (tertiary/aromatic N) is 1. The predicted molar refractivity (Wildman–Crippen MR) is 107 cm³/mol. The van der Waals surface area contributed by atoms with E-state index in [1.54, 1.807) is 46.1 Å². The highest BCUT2D eigenvalue weighted by Crippen LogP contribution is 2.34. The van der Waals surface area contributed by atoms with Gasteiger partial charge in [0.2, 0.25) is 0 Å². The van der Waals surface area contributed by atoms with Crippen LogP contribution in [0.15, 0.2) is 35.2 Å². The zero-order chi connectivity index (χ0) is 20.4. The highest BCUT2D eigenvalue weighted by atomic mass is 35.5. The van der Waals surface area contributed by atoms with Crippen molar-refractivity contribution < 1.29 is 17.9 Å². The fraction of sp³-hybridized carbons (Fsp3) is 0.278. The van der Waals surface area contributed by atoms with Gasteiger partial charge in [0.15, 0.2) is 6.61 Å². The van der Waals surface area contributed by atoms with E-state index < -0.39 is 10.0 Å². The summed E-state index contributed by atoms with van der Waals surface area (Å²) >= 11 is 12.3. The van der Waals surface area contributed by atoms with Gasteiger partial charge in [0.25, 0.3) is 15.9 Å². The molecule has 146 valence electrons. The number of hydrogen-bond acceptors (Lipinski definition) is 4. The number of ether oxygens (including phenoxy) is 1. The number of carbonyl (C=O) groups excluding carboxylic acids is 1. The molecule has 2 rings (SSSR count). The third kappa shape index (κ3) is 5.06. The lowest BCUT2D eigenvalue weighted by Crippen LogP contribution is -2.27. The van der Waals surface area contributed by atoms with E-state index in [2.05, 4.69) is 4.72 Å². The monoisotopic (exact) mass is 430 g/mol. The minimum absolute atomic E-state index is 0.0499. The Kier molecular flexibility index (Phi) is 6.62. The first-order chi connectivity index (χ1) is 12.5. The van der Waals surface area contributed by atoms with Gasteiger partial charge in [-0.3, -0.25) is 9.52 Å². The smallest absolute Gasteiger partial charge is 0.263 e. The molecule has 0 aliphatic heterocycles. The van der Waals surface area contributed by atoms with Crippen molar-refractivity contribution in [2.24, 2.45) is 0 Å². The van der Waals surface area contributed by atoms with Gasteiger partial charge in [-0.25, -0.2) is 8.42 Å². The van der Waals surface area contributed by atoms with Gasteiger partial charge < -0.3 is 9.64 Å². The highest BCUT2D eigenvalue weighted by Gasteiger charge is 2.24. The minimum Gasteiger partial charge on any atom is -0.484 e. The SMILES string of the molecule is Cc1cc(Cl)c(C)c(S(=O)(=O)Nc2ccc(OCC(=O)N(C)C)cc2)c1Cl. The molecule has 0 spiro atoms. The molecule has 0 heterocycles. The van der Waals surface area contributed by atoms with Crippen molar-refractivity contribution >= 4 is 44.8 Å². The van der Waals surface area contributed by atoms with Gasteiger partial charge in [-0.2, -0.15) is 0 Å². The average molecular weight is 431 g/mol. The number of anilines is 1. The van der Waals surface area contributed by atoms with Crippen LogP contribution in [0.4, 0.5) is 5.69 Å². The Balaban J connectivity index is 2.21. The molecule has 1 N–H and O–H groups in total. The molecule has 0 fully saturated rings. The summed E-state index contributed by atoms with van der Waals surface area (Å²) in [6.45, 7) is 3.18. The van der Waals surface area contributed by atoms with Crippen molar-refractivity contribution in [1.82, 2.24) is 4.90 Å². The quantitative estimate of drug-likeness (QED) is 0.754. The van der Waals surface area contributed by atoms with Gasteiger partial charge >= 0.3 is 0 Å². The molecule has 9 heteroatoms. The Bertz CT molecular complexity index is 932. The third-order valence-corrected chi connectivity index (χ3v) is 6.37. The number of halogens is 2. The summed E-state index contributed by atoms with van der Waals surface area (Å²) in [5.41, 5.74) is 1.28. The molecule has 0 saturated carbocycles. The topological polar surface area (TPSA) is 75.7 Å². The van der Waals surface area contributed by atoms with Crippen LogP contribution in [0.5, 0.6) is 5.75 Å². The fourth-order valence-electron chi connectivity index (χ4n) is 2.23. The lowest BCUT2D eigenvalue weighted by Gasteiger charge is -2.15. The number of amides is 1. The number of sulfonamides is 1. The van der Waals surface area contributed by atoms with Crippen LogP contribution >= 0.6 is 23.2 Å². The summed E-state index contributed by atoms with van der Waals surface area (Å²) in [6, 6.07) is 7.83. The molecule has 2 aromatic rings. The third-order valence-electron chi connectivity index (χ3n) is 3.82. The maximum Gasteiger partial charge on any atom is 0.263 e. The zero-order valence-electron chi connectivity index (χ0n) is 15.3. The summed E-state index contributed by atoms with van der Waals surface area (Å²) in [7, 11) is -0.671. The number of hydrogen-bond donors (Lipinski definition) is 1. The first-order valence-corrected chi connectivity index (χ1v) is 10.2. The van der Waals surface area contributed by atoms with E-state index in [0.29, 0.717) is 27.6 Å². The van der Waals surface area contributed by atoms with Crippen LogP contribution in [-0.2, 0) is 14.8 Å². The van der Waals surface area contributed by atoms with Gasteiger partial charge in [-0.1, -0.05) is 23.2 Å². The van der Waals surface area contributed by atoms with E-state index >= 15 is 0 Å². The number of rotatable bonds is 6. The summed E-state index contributed by atoms with van der Waals surface area (Å²) in [5.74, 6) is 0.266. The van der Waals surface area contributed by atoms with Crippen LogP contribution in [0.1, 0.15) is 11.1 Å². The molecular weight excluding hydrogens is 411 g/mol. The lowest BCUT2D eigenvalue weighted by atomic mass is 10.2. The van der Waals surface area contributed by atoms with Gasteiger partial charge in [0.05, 0.1) is 5.02 Å². The van der Waals surface area contributed by atoms with Crippen molar-refractivity contribution in [3.63, 3.8) is 0 Å². The van der Waals surface area contributed by atoms with E-state index in [9.17, 15) is 13.2 Å². The first kappa shape index (κ1) is 21.3. The van der Waals surface area contributed by atoms with Crippen LogP contribution in [-0.4, -0.2) is 39.9 Å². The summed E-state index contributed by atoms with van der Waals surface area (Å²) in [5, 5.41) is 0.457. The number of aryl methyl sites for hydroxylation is 1. The molecule has 0 bridgehead atoms. The van der Waals surface area contributed by atoms with Crippen molar-refractivity contribution in [2.75, 3.05) is 25.4 Å². The molecule has 0 aromatic heterocycles. The number of nitrogens with one attached hydrogen (secondary N) is 1. The van der Waals surface area contributed by atoms with Crippen molar-refractivity contribution in [3.05, 3.63) is 51.5 Å². The molecule has 1 amide bonds. The molecule has 0 aliphatic carbocycles. The molecule has 0 atom stereocenters. The first-order valence-electron chi connectivity index (χ1n) is 7.94. The maximum atomic E-state index is 12.8. The van der Waals surface area contributed by atoms with Crippen molar-refractivity contribution in [1.29, 1.82) is 0 Å². The second-order valence-electron chi connectivity index (χ2n) is 6.15. The number of carbonyl (C=O) groups is 1. The van der Waals surface area contributed by atoms with E-state index in [-0.39, 0.29) is 22.4 Å². The van der Waals surface area contributed by atoms with Gasteiger partial charge in [-0.15, -0.1) is 0 Å². The van der Waals surface area contributed by atoms with E-state index in [1.807, 2.05) is 0 Å². The number of benzene rings is 2. The average Bonchev–Trinajstić information content (AvgIpc) is 2.58. The second-order valence-corrected chi connectivity index (χ2v) is 8.55. The molecular formula is C18H20Cl2N2O4S. The Labute approximate surface area is 169 Å². The highest BCUT2D eigenvalue weighted by molar-refractivity contribution is 7.93. The molecule has 0 saturated heterocycles.